The van der Waals surface area contributed by atoms with E-state index in [2.05, 4.69) is 0 Å². The molecule has 0 aromatic rings. The molecule has 0 aromatic heterocycles. The van der Waals surface area contributed by atoms with E-state index < -0.39 is 32.3 Å². The van der Waals surface area contributed by atoms with Crippen molar-refractivity contribution in [1.82, 2.24) is 0 Å². The van der Waals surface area contributed by atoms with Crippen molar-refractivity contribution in [3.05, 3.63) is 34.4 Å². The van der Waals surface area contributed by atoms with Crippen LogP contribution in [0.3, 0.4) is 0 Å². The van der Waals surface area contributed by atoms with Crippen molar-refractivity contribution in [3.63, 3.8) is 0 Å². The maximum Gasteiger partial charge on any atom is 0.264 e. The van der Waals surface area contributed by atoms with Crippen LogP contribution in [-0.2, 0) is 10.0 Å². The zero-order chi connectivity index (χ0) is 12.4. The Kier molecular flexibility index (Phi) is 3.46. The smallest absolute Gasteiger partial charge is 0.264 e. The molecule has 3 N–H and O–H groups in total. The second-order valence-corrected chi connectivity index (χ2v) is 5.16. The quantitative estimate of drug-likeness (QED) is 0.496. The van der Waals surface area contributed by atoms with Crippen LogP contribution in [0.4, 0.5) is 0 Å². The van der Waals surface area contributed by atoms with Crippen molar-refractivity contribution in [2.75, 3.05) is 6.61 Å². The number of rotatable bonds is 4. The van der Waals surface area contributed by atoms with Gasteiger partial charge < -0.3 is 5.11 Å². The van der Waals surface area contributed by atoms with Crippen LogP contribution in [0.25, 0.3) is 0 Å². The standard InChI is InChI=1S/C8H12N2O5S/c9-16(14,15)7-3-1-2-4-8(7,5-6-11)10(12)13/h1-4,7,11H,5-6H2,(H2,9,14,15). The Morgan fingerprint density at radius 3 is 2.56 bits per heavy atom. The van der Waals surface area contributed by atoms with Gasteiger partial charge >= 0.3 is 0 Å². The number of hydrogen-bond acceptors (Lipinski definition) is 5. The number of nitro groups is 1. The number of primary sulfonamides is 1. The first-order chi connectivity index (χ1) is 7.34. The highest BCUT2D eigenvalue weighted by molar-refractivity contribution is 7.90. The Morgan fingerprint density at radius 1 is 1.50 bits per heavy atom. The minimum atomic E-state index is -4.09. The fourth-order valence-electron chi connectivity index (χ4n) is 1.70. The predicted octanol–water partition coefficient (Wildman–Crippen LogP) is -0.833. The number of aliphatic hydroxyl groups excluding tert-OH is 1. The number of sulfonamides is 1. The van der Waals surface area contributed by atoms with Gasteiger partial charge in [0.2, 0.25) is 10.0 Å². The lowest BCUT2D eigenvalue weighted by molar-refractivity contribution is -0.554. The third-order valence-electron chi connectivity index (χ3n) is 2.48. The molecule has 1 aliphatic rings. The van der Waals surface area contributed by atoms with Gasteiger partial charge in [0.1, 0.15) is 0 Å². The SMILES string of the molecule is NS(=O)(=O)C1C=CC=CC1(CCO)[N+](=O)[O-]. The van der Waals surface area contributed by atoms with Crippen molar-refractivity contribution in [1.29, 1.82) is 0 Å². The van der Waals surface area contributed by atoms with E-state index in [1.54, 1.807) is 0 Å². The van der Waals surface area contributed by atoms with Crippen LogP contribution in [0, 0.1) is 10.1 Å². The van der Waals surface area contributed by atoms with E-state index in [0.717, 1.165) is 12.2 Å². The summed E-state index contributed by atoms with van der Waals surface area (Å²) < 4.78 is 22.6. The van der Waals surface area contributed by atoms with E-state index in [1.807, 2.05) is 0 Å². The molecule has 0 heterocycles. The van der Waals surface area contributed by atoms with E-state index in [9.17, 15) is 18.5 Å². The molecule has 8 heteroatoms. The second-order valence-electron chi connectivity index (χ2n) is 3.48. The fourth-order valence-corrected chi connectivity index (χ4v) is 2.86. The normalized spacial score (nSPS) is 29.2. The Labute approximate surface area is 92.5 Å². The lowest BCUT2D eigenvalue weighted by Gasteiger charge is -2.28. The van der Waals surface area contributed by atoms with E-state index in [1.165, 1.54) is 12.2 Å². The van der Waals surface area contributed by atoms with Crippen LogP contribution in [0.15, 0.2) is 24.3 Å². The highest BCUT2D eigenvalue weighted by Crippen LogP contribution is 2.29. The van der Waals surface area contributed by atoms with Crippen LogP contribution in [0.2, 0.25) is 0 Å². The molecular weight excluding hydrogens is 236 g/mol. The van der Waals surface area contributed by atoms with Gasteiger partial charge in [-0.05, 0) is 6.08 Å². The van der Waals surface area contributed by atoms with Crippen LogP contribution in [0.1, 0.15) is 6.42 Å². The van der Waals surface area contributed by atoms with Gasteiger partial charge in [0.15, 0.2) is 5.25 Å². The Morgan fingerprint density at radius 2 is 2.12 bits per heavy atom. The molecule has 2 atom stereocenters. The minimum Gasteiger partial charge on any atom is -0.396 e. The summed E-state index contributed by atoms with van der Waals surface area (Å²) in [6.45, 7) is -0.495. The average Bonchev–Trinajstić information content (AvgIpc) is 2.17. The fraction of sp³-hybridized carbons (Fsp3) is 0.500. The third-order valence-corrected chi connectivity index (χ3v) is 3.75. The lowest BCUT2D eigenvalue weighted by Crippen LogP contribution is -2.53. The Balaban J connectivity index is 3.29. The van der Waals surface area contributed by atoms with Gasteiger partial charge in [-0.15, -0.1) is 0 Å². The highest BCUT2D eigenvalue weighted by atomic mass is 32.2. The van der Waals surface area contributed by atoms with Gasteiger partial charge in [0.25, 0.3) is 5.54 Å². The summed E-state index contributed by atoms with van der Waals surface area (Å²) in [7, 11) is -4.09. The first-order valence-corrected chi connectivity index (χ1v) is 6.08. The van der Waals surface area contributed by atoms with Gasteiger partial charge in [-0.2, -0.15) is 0 Å². The van der Waals surface area contributed by atoms with Crippen LogP contribution in [-0.4, -0.2) is 35.8 Å². The maximum absolute atomic E-state index is 11.3. The summed E-state index contributed by atoms with van der Waals surface area (Å²) in [5.74, 6) is 0. The van der Waals surface area contributed by atoms with Crippen LogP contribution < -0.4 is 5.14 Å². The summed E-state index contributed by atoms with van der Waals surface area (Å²) in [4.78, 5) is 10.3. The van der Waals surface area contributed by atoms with Gasteiger partial charge in [-0.25, -0.2) is 13.6 Å². The molecule has 2 unspecified atom stereocenters. The van der Waals surface area contributed by atoms with Gasteiger partial charge in [-0.3, -0.25) is 10.1 Å². The second kappa shape index (κ2) is 4.32. The highest BCUT2D eigenvalue weighted by Gasteiger charge is 2.52. The molecule has 0 amide bonds. The molecule has 0 bridgehead atoms. The molecule has 7 nitrogen and oxygen atoms in total. The molecule has 90 valence electrons. The van der Waals surface area contributed by atoms with Crippen molar-refractivity contribution in [2.45, 2.75) is 17.2 Å². The summed E-state index contributed by atoms with van der Waals surface area (Å²) in [6, 6.07) is 0. The number of hydrogen-bond donors (Lipinski definition) is 2. The topological polar surface area (TPSA) is 124 Å². The zero-order valence-corrected chi connectivity index (χ0v) is 9.13. The average molecular weight is 248 g/mol. The summed E-state index contributed by atoms with van der Waals surface area (Å²) in [5.41, 5.74) is -1.88. The largest absolute Gasteiger partial charge is 0.396 e. The molecule has 0 fully saturated rings. The number of nitrogens with two attached hydrogens (primary N) is 1. The molecule has 0 aromatic carbocycles. The molecule has 1 aliphatic carbocycles. The lowest BCUT2D eigenvalue weighted by atomic mass is 9.88. The molecule has 16 heavy (non-hydrogen) atoms. The molecule has 0 aliphatic heterocycles. The maximum atomic E-state index is 11.3. The molecule has 0 saturated carbocycles. The first-order valence-electron chi connectivity index (χ1n) is 4.47. The monoisotopic (exact) mass is 248 g/mol. The van der Waals surface area contributed by atoms with Crippen molar-refractivity contribution in [3.8, 4) is 0 Å². The van der Waals surface area contributed by atoms with Crippen molar-refractivity contribution < 1.29 is 18.4 Å². The molecule has 1 rings (SSSR count). The molecular formula is C8H12N2O5S. The van der Waals surface area contributed by atoms with Gasteiger partial charge in [0, 0.05) is 11.3 Å². The number of nitrogens with zero attached hydrogens (tertiary/aromatic N) is 1. The third kappa shape index (κ3) is 2.13. The van der Waals surface area contributed by atoms with E-state index in [0.29, 0.717) is 0 Å². The molecule has 0 radical (unpaired) electrons. The molecule has 0 spiro atoms. The first kappa shape index (κ1) is 12.8. The summed E-state index contributed by atoms with van der Waals surface area (Å²) in [6.07, 6.45) is 4.77. The van der Waals surface area contributed by atoms with Crippen LogP contribution in [0.5, 0.6) is 0 Å². The van der Waals surface area contributed by atoms with Crippen LogP contribution >= 0.6 is 0 Å². The van der Waals surface area contributed by atoms with Gasteiger partial charge in [0.05, 0.1) is 6.61 Å². The van der Waals surface area contributed by atoms with Crippen molar-refractivity contribution >= 4 is 10.0 Å². The number of aliphatic hydroxyl groups is 1. The minimum absolute atomic E-state index is 0.304. The molecule has 0 saturated heterocycles. The van der Waals surface area contributed by atoms with Gasteiger partial charge in [-0.1, -0.05) is 18.2 Å². The number of allylic oxidation sites excluding steroid dienone is 2. The van der Waals surface area contributed by atoms with E-state index in [4.69, 9.17) is 10.2 Å². The Bertz CT molecular complexity index is 441. The predicted molar refractivity (Wildman–Crippen MR) is 56.6 cm³/mol. The summed E-state index contributed by atoms with van der Waals surface area (Å²) in [5, 5.41) is 23.3. The zero-order valence-electron chi connectivity index (χ0n) is 8.31. The van der Waals surface area contributed by atoms with E-state index in [-0.39, 0.29) is 6.42 Å². The van der Waals surface area contributed by atoms with E-state index >= 15 is 0 Å². The Hall–Kier alpha value is -1.25. The summed E-state index contributed by atoms with van der Waals surface area (Å²) >= 11 is 0. The van der Waals surface area contributed by atoms with Crippen molar-refractivity contribution in [2.24, 2.45) is 5.14 Å².